The molecule has 0 aromatic heterocycles. The zero-order valence-electron chi connectivity index (χ0n) is 12.5. The van der Waals surface area contributed by atoms with Crippen molar-refractivity contribution < 1.29 is 0 Å². The molecule has 0 saturated heterocycles. The fraction of sp³-hybridized carbons (Fsp3) is 0.647. The second kappa shape index (κ2) is 6.25. The van der Waals surface area contributed by atoms with Crippen LogP contribution in [0.1, 0.15) is 57.9 Å². The van der Waals surface area contributed by atoms with Crippen LogP contribution in [0.3, 0.4) is 0 Å². The van der Waals surface area contributed by atoms with Crippen molar-refractivity contribution >= 4 is 23.2 Å². The van der Waals surface area contributed by atoms with Gasteiger partial charge in [-0.25, -0.2) is 0 Å². The maximum absolute atomic E-state index is 6.18. The Morgan fingerprint density at radius 3 is 2.10 bits per heavy atom. The molecule has 2 N–H and O–H groups in total. The molecule has 1 aliphatic carbocycles. The summed E-state index contributed by atoms with van der Waals surface area (Å²) in [5, 5.41) is 1.26. The Labute approximate surface area is 132 Å². The first kappa shape index (κ1) is 16.1. The smallest absolute Gasteiger partial charge is 0.0595 e. The van der Waals surface area contributed by atoms with Gasteiger partial charge >= 0.3 is 0 Å². The molecule has 112 valence electrons. The summed E-state index contributed by atoms with van der Waals surface area (Å²) in [6.07, 6.45) is 7.50. The Bertz CT molecular complexity index is 456. The molecule has 20 heavy (non-hydrogen) atoms. The van der Waals surface area contributed by atoms with Gasteiger partial charge in [0.25, 0.3) is 0 Å². The molecule has 0 heterocycles. The van der Waals surface area contributed by atoms with Gasteiger partial charge in [0.05, 0.1) is 10.0 Å². The van der Waals surface area contributed by atoms with Crippen LogP contribution in [0.5, 0.6) is 0 Å². The van der Waals surface area contributed by atoms with E-state index in [4.69, 9.17) is 28.9 Å². The van der Waals surface area contributed by atoms with E-state index < -0.39 is 0 Å². The van der Waals surface area contributed by atoms with Crippen molar-refractivity contribution in [3.63, 3.8) is 0 Å². The molecule has 1 aliphatic rings. The van der Waals surface area contributed by atoms with Gasteiger partial charge in [-0.05, 0) is 48.8 Å². The molecular weight excluding hydrogens is 289 g/mol. The Hall–Kier alpha value is -0.240. The van der Waals surface area contributed by atoms with E-state index in [2.05, 4.69) is 19.9 Å². The number of benzene rings is 1. The lowest BCUT2D eigenvalue weighted by molar-refractivity contribution is 0.00784. The predicted octanol–water partition coefficient (Wildman–Crippen LogP) is 5.57. The highest BCUT2D eigenvalue weighted by Gasteiger charge is 2.53. The van der Waals surface area contributed by atoms with Gasteiger partial charge in [-0.15, -0.1) is 0 Å². The first-order valence-corrected chi connectivity index (χ1v) is 8.42. The lowest BCUT2D eigenvalue weighted by Crippen LogP contribution is -2.53. The molecule has 0 aliphatic heterocycles. The number of hydrogen-bond donors (Lipinski definition) is 1. The highest BCUT2D eigenvalue weighted by Crippen LogP contribution is 2.60. The zero-order valence-corrected chi connectivity index (χ0v) is 14.0. The molecule has 1 aromatic carbocycles. The Kier molecular flexibility index (Phi) is 5.05. The van der Waals surface area contributed by atoms with Gasteiger partial charge in [-0.2, -0.15) is 0 Å². The average molecular weight is 314 g/mol. The second-order valence-corrected chi connectivity index (χ2v) is 7.28. The molecule has 1 nitrogen and oxygen atoms in total. The fourth-order valence-electron chi connectivity index (χ4n) is 4.22. The van der Waals surface area contributed by atoms with Crippen LogP contribution in [0.25, 0.3) is 0 Å². The van der Waals surface area contributed by atoms with Crippen LogP contribution < -0.4 is 5.73 Å². The van der Waals surface area contributed by atoms with Crippen LogP contribution in [0.4, 0.5) is 0 Å². The number of rotatable bonds is 6. The lowest BCUT2D eigenvalue weighted by Gasteiger charge is -2.57. The van der Waals surface area contributed by atoms with Crippen LogP contribution >= 0.6 is 23.2 Å². The Balaban J connectivity index is 2.23. The van der Waals surface area contributed by atoms with Crippen molar-refractivity contribution in [1.82, 2.24) is 0 Å². The molecule has 1 aromatic rings. The summed E-state index contributed by atoms with van der Waals surface area (Å²) in [7, 11) is 0. The summed E-state index contributed by atoms with van der Waals surface area (Å²) < 4.78 is 0. The van der Waals surface area contributed by atoms with Gasteiger partial charge in [0.2, 0.25) is 0 Å². The van der Waals surface area contributed by atoms with Crippen molar-refractivity contribution in [1.29, 1.82) is 0 Å². The van der Waals surface area contributed by atoms with Gasteiger partial charge in [0, 0.05) is 12.0 Å². The third-order valence-corrected chi connectivity index (χ3v) is 5.65. The largest absolute Gasteiger partial charge is 0.330 e. The van der Waals surface area contributed by atoms with E-state index >= 15 is 0 Å². The molecule has 1 fully saturated rings. The monoisotopic (exact) mass is 313 g/mol. The van der Waals surface area contributed by atoms with Crippen molar-refractivity contribution in [2.45, 2.75) is 57.8 Å². The molecule has 0 radical (unpaired) electrons. The van der Waals surface area contributed by atoms with E-state index in [9.17, 15) is 0 Å². The fourth-order valence-corrected chi connectivity index (χ4v) is 4.51. The normalized spacial score (nSPS) is 19.6. The lowest BCUT2D eigenvalue weighted by atomic mass is 9.48. The van der Waals surface area contributed by atoms with Crippen LogP contribution in [0.15, 0.2) is 18.2 Å². The predicted molar refractivity (Wildman–Crippen MR) is 88.7 cm³/mol. The average Bonchev–Trinajstić information content (AvgIpc) is 2.39. The summed E-state index contributed by atoms with van der Waals surface area (Å²) in [5.74, 6) is 0. The highest BCUT2D eigenvalue weighted by atomic mass is 35.5. The van der Waals surface area contributed by atoms with E-state index in [1.807, 2.05) is 12.1 Å². The summed E-state index contributed by atoms with van der Waals surface area (Å²) in [6, 6.07) is 6.01. The molecule has 2 rings (SSSR count). The first-order valence-electron chi connectivity index (χ1n) is 7.66. The standard InChI is InChI=1S/C17H25Cl2N/c1-3-7-16(8-4-2)10-17(11-16,12-20)13-5-6-14(18)15(19)9-13/h5-6,9H,3-4,7-8,10-12,20H2,1-2H3. The maximum atomic E-state index is 6.18. The van der Waals surface area contributed by atoms with Crippen molar-refractivity contribution in [3.05, 3.63) is 33.8 Å². The third-order valence-electron chi connectivity index (χ3n) is 4.91. The van der Waals surface area contributed by atoms with Gasteiger partial charge < -0.3 is 5.73 Å². The van der Waals surface area contributed by atoms with Crippen molar-refractivity contribution in [2.24, 2.45) is 11.1 Å². The van der Waals surface area contributed by atoms with Gasteiger partial charge in [-0.3, -0.25) is 0 Å². The molecule has 0 amide bonds. The topological polar surface area (TPSA) is 26.0 Å². The molecule has 0 unspecified atom stereocenters. The van der Waals surface area contributed by atoms with Crippen LogP contribution in [-0.2, 0) is 5.41 Å². The summed E-state index contributed by atoms with van der Waals surface area (Å²) in [4.78, 5) is 0. The minimum absolute atomic E-state index is 0.110. The van der Waals surface area contributed by atoms with E-state index in [0.29, 0.717) is 22.0 Å². The molecule has 0 atom stereocenters. The van der Waals surface area contributed by atoms with E-state index in [0.717, 1.165) is 0 Å². The molecular formula is C17H25Cl2N. The second-order valence-electron chi connectivity index (χ2n) is 6.47. The van der Waals surface area contributed by atoms with Gasteiger partial charge in [0.15, 0.2) is 0 Å². The van der Waals surface area contributed by atoms with Crippen molar-refractivity contribution in [2.75, 3.05) is 6.54 Å². The van der Waals surface area contributed by atoms with Crippen LogP contribution in [-0.4, -0.2) is 6.54 Å². The molecule has 0 bridgehead atoms. The number of halogens is 2. The van der Waals surface area contributed by atoms with Crippen LogP contribution in [0, 0.1) is 5.41 Å². The van der Waals surface area contributed by atoms with E-state index in [-0.39, 0.29) is 5.41 Å². The Morgan fingerprint density at radius 2 is 1.65 bits per heavy atom. The summed E-state index contributed by atoms with van der Waals surface area (Å²) in [5.41, 5.74) is 7.99. The SMILES string of the molecule is CCCC1(CCC)CC(CN)(c2ccc(Cl)c(Cl)c2)C1. The van der Waals surface area contributed by atoms with Gasteiger partial charge in [0.1, 0.15) is 0 Å². The highest BCUT2D eigenvalue weighted by molar-refractivity contribution is 6.42. The molecule has 0 spiro atoms. The first-order chi connectivity index (χ1) is 9.51. The summed E-state index contributed by atoms with van der Waals surface area (Å²) in [6.45, 7) is 5.25. The third kappa shape index (κ3) is 2.86. The molecule has 1 saturated carbocycles. The minimum Gasteiger partial charge on any atom is -0.330 e. The van der Waals surface area contributed by atoms with Crippen LogP contribution in [0.2, 0.25) is 10.0 Å². The van der Waals surface area contributed by atoms with Crippen molar-refractivity contribution in [3.8, 4) is 0 Å². The number of nitrogens with two attached hydrogens (primary N) is 1. The van der Waals surface area contributed by atoms with E-state index in [1.165, 1.54) is 44.1 Å². The quantitative estimate of drug-likeness (QED) is 0.730. The number of hydrogen-bond acceptors (Lipinski definition) is 1. The zero-order chi connectivity index (χ0) is 14.8. The summed E-state index contributed by atoms with van der Waals surface area (Å²) >= 11 is 12.2. The van der Waals surface area contributed by atoms with E-state index in [1.54, 1.807) is 0 Å². The minimum atomic E-state index is 0.110. The molecule has 3 heteroatoms. The maximum Gasteiger partial charge on any atom is 0.0595 e. The Morgan fingerprint density at radius 1 is 1.05 bits per heavy atom. The van der Waals surface area contributed by atoms with Gasteiger partial charge in [-0.1, -0.05) is 56.0 Å².